The standard InChI is InChI=1S/C20H25N3O3/c1-14-5-7-18(8-6-14)23-15(2)11-17(16(23)3)13-21-22-19(24)12-20(4)25-9-10-26-20/h5-8,11,13H,9-10,12H2,1-4H3,(H,22,24)/b21-13-. The van der Waals surface area contributed by atoms with Crippen LogP contribution in [0.5, 0.6) is 0 Å². The molecule has 0 saturated carbocycles. The van der Waals surface area contributed by atoms with E-state index in [4.69, 9.17) is 9.47 Å². The lowest BCUT2D eigenvalue weighted by Crippen LogP contribution is -2.33. The molecule has 0 bridgehead atoms. The van der Waals surface area contributed by atoms with Crippen LogP contribution >= 0.6 is 0 Å². The van der Waals surface area contributed by atoms with Crippen molar-refractivity contribution >= 4 is 12.1 Å². The zero-order valence-electron chi connectivity index (χ0n) is 15.7. The van der Waals surface area contributed by atoms with Crippen LogP contribution < -0.4 is 5.43 Å². The monoisotopic (exact) mass is 355 g/mol. The van der Waals surface area contributed by atoms with Crippen LogP contribution in [0.15, 0.2) is 35.4 Å². The second kappa shape index (κ2) is 7.43. The van der Waals surface area contributed by atoms with Crippen LogP contribution in [0.1, 0.15) is 35.9 Å². The van der Waals surface area contributed by atoms with Crippen molar-refractivity contribution in [3.05, 3.63) is 52.8 Å². The minimum absolute atomic E-state index is 0.118. The van der Waals surface area contributed by atoms with E-state index in [0.717, 1.165) is 22.6 Å². The topological polar surface area (TPSA) is 64.9 Å². The molecule has 1 fully saturated rings. The number of hydrogen-bond acceptors (Lipinski definition) is 4. The zero-order valence-corrected chi connectivity index (χ0v) is 15.7. The van der Waals surface area contributed by atoms with Crippen molar-refractivity contribution < 1.29 is 14.3 Å². The molecule has 1 aromatic heterocycles. The predicted octanol–water partition coefficient (Wildman–Crippen LogP) is 3.01. The van der Waals surface area contributed by atoms with Crippen molar-refractivity contribution in [1.29, 1.82) is 0 Å². The largest absolute Gasteiger partial charge is 0.347 e. The molecular formula is C20H25N3O3. The van der Waals surface area contributed by atoms with E-state index in [1.807, 2.05) is 6.92 Å². The normalized spacial score (nSPS) is 16.3. The summed E-state index contributed by atoms with van der Waals surface area (Å²) in [6.07, 6.45) is 1.79. The summed E-state index contributed by atoms with van der Waals surface area (Å²) in [5.74, 6) is -1.08. The third-order valence-electron chi connectivity index (χ3n) is 4.54. The number of ether oxygens (including phenoxy) is 2. The van der Waals surface area contributed by atoms with Gasteiger partial charge in [-0.25, -0.2) is 5.43 Å². The molecule has 0 aliphatic carbocycles. The Hall–Kier alpha value is -2.44. The van der Waals surface area contributed by atoms with Crippen LogP contribution in [0.2, 0.25) is 0 Å². The van der Waals surface area contributed by atoms with Crippen LogP contribution in [0, 0.1) is 20.8 Å². The Morgan fingerprint density at radius 2 is 1.88 bits per heavy atom. The molecular weight excluding hydrogens is 330 g/mol. The summed E-state index contributed by atoms with van der Waals surface area (Å²) in [4.78, 5) is 12.0. The molecule has 2 heterocycles. The minimum Gasteiger partial charge on any atom is -0.347 e. The van der Waals surface area contributed by atoms with Crippen molar-refractivity contribution in [2.75, 3.05) is 13.2 Å². The summed E-state index contributed by atoms with van der Waals surface area (Å²) < 4.78 is 13.0. The number of hydrazone groups is 1. The molecule has 6 heteroatoms. The lowest BCUT2D eigenvalue weighted by atomic mass is 10.2. The van der Waals surface area contributed by atoms with E-state index >= 15 is 0 Å². The van der Waals surface area contributed by atoms with Crippen LogP contribution in [-0.4, -0.2) is 35.7 Å². The van der Waals surface area contributed by atoms with Gasteiger partial charge in [0.05, 0.1) is 25.8 Å². The molecule has 26 heavy (non-hydrogen) atoms. The van der Waals surface area contributed by atoms with Crippen molar-refractivity contribution in [3.8, 4) is 5.69 Å². The van der Waals surface area contributed by atoms with Gasteiger partial charge in [-0.1, -0.05) is 17.7 Å². The van der Waals surface area contributed by atoms with Crippen molar-refractivity contribution in [1.82, 2.24) is 9.99 Å². The molecule has 0 radical (unpaired) electrons. The molecule has 1 aromatic carbocycles. The molecule has 1 saturated heterocycles. The molecule has 138 valence electrons. The minimum atomic E-state index is -0.846. The highest BCUT2D eigenvalue weighted by Crippen LogP contribution is 2.22. The first-order valence-corrected chi connectivity index (χ1v) is 8.74. The second-order valence-corrected chi connectivity index (χ2v) is 6.80. The van der Waals surface area contributed by atoms with Gasteiger partial charge in [-0.3, -0.25) is 4.79 Å². The Morgan fingerprint density at radius 3 is 2.54 bits per heavy atom. The molecule has 0 spiro atoms. The highest BCUT2D eigenvalue weighted by atomic mass is 16.7. The van der Waals surface area contributed by atoms with Gasteiger partial charge in [0.15, 0.2) is 5.79 Å². The maximum absolute atomic E-state index is 12.0. The number of rotatable bonds is 5. The Kier molecular flexibility index (Phi) is 5.25. The number of aromatic nitrogens is 1. The van der Waals surface area contributed by atoms with Gasteiger partial charge >= 0.3 is 0 Å². The Balaban J connectivity index is 1.68. The van der Waals surface area contributed by atoms with Gasteiger partial charge < -0.3 is 14.0 Å². The van der Waals surface area contributed by atoms with E-state index < -0.39 is 5.79 Å². The maximum Gasteiger partial charge on any atom is 0.245 e. The SMILES string of the molecule is Cc1ccc(-n2c(C)cc(/C=N\NC(=O)CC3(C)OCCO3)c2C)cc1. The molecule has 0 unspecified atom stereocenters. The fourth-order valence-electron chi connectivity index (χ4n) is 3.17. The average molecular weight is 355 g/mol. The van der Waals surface area contributed by atoms with Crippen LogP contribution in [0.4, 0.5) is 0 Å². The van der Waals surface area contributed by atoms with Crippen LogP contribution in [-0.2, 0) is 14.3 Å². The molecule has 2 aromatic rings. The third kappa shape index (κ3) is 4.03. The van der Waals surface area contributed by atoms with Crippen molar-refractivity contribution in [3.63, 3.8) is 0 Å². The summed E-state index contributed by atoms with van der Waals surface area (Å²) in [6, 6.07) is 10.4. The van der Waals surface area contributed by atoms with Gasteiger partial charge in [0.2, 0.25) is 5.91 Å². The molecule has 3 rings (SSSR count). The summed E-state index contributed by atoms with van der Waals surface area (Å²) >= 11 is 0. The predicted molar refractivity (Wildman–Crippen MR) is 101 cm³/mol. The highest BCUT2D eigenvalue weighted by Gasteiger charge is 2.33. The smallest absolute Gasteiger partial charge is 0.245 e. The van der Waals surface area contributed by atoms with E-state index in [0.29, 0.717) is 13.2 Å². The fourth-order valence-corrected chi connectivity index (χ4v) is 3.17. The number of amides is 1. The number of aryl methyl sites for hydroxylation is 2. The number of carbonyl (C=O) groups excluding carboxylic acids is 1. The van der Waals surface area contributed by atoms with Gasteiger partial charge in [0.1, 0.15) is 0 Å². The lowest BCUT2D eigenvalue weighted by molar-refractivity contribution is -0.159. The van der Waals surface area contributed by atoms with E-state index in [-0.39, 0.29) is 12.3 Å². The number of hydrogen-bond donors (Lipinski definition) is 1. The maximum atomic E-state index is 12.0. The van der Waals surface area contributed by atoms with Gasteiger partial charge in [-0.2, -0.15) is 5.10 Å². The summed E-state index contributed by atoms with van der Waals surface area (Å²) in [5, 5.41) is 4.09. The summed E-state index contributed by atoms with van der Waals surface area (Å²) in [7, 11) is 0. The fraction of sp³-hybridized carbons (Fsp3) is 0.400. The first-order valence-electron chi connectivity index (χ1n) is 8.74. The molecule has 1 N–H and O–H groups in total. The number of carbonyl (C=O) groups is 1. The Bertz CT molecular complexity index is 816. The Labute approximate surface area is 153 Å². The van der Waals surface area contributed by atoms with E-state index in [9.17, 15) is 4.79 Å². The zero-order chi connectivity index (χ0) is 18.7. The quantitative estimate of drug-likeness (QED) is 0.662. The van der Waals surface area contributed by atoms with Crippen molar-refractivity contribution in [2.24, 2.45) is 5.10 Å². The molecule has 1 aliphatic heterocycles. The van der Waals surface area contributed by atoms with Gasteiger partial charge in [-0.05, 0) is 45.9 Å². The first kappa shape index (κ1) is 18.4. The van der Waals surface area contributed by atoms with E-state index in [1.165, 1.54) is 5.56 Å². The molecule has 1 aliphatic rings. The number of benzene rings is 1. The first-order chi connectivity index (χ1) is 12.4. The molecule has 0 atom stereocenters. The lowest BCUT2D eigenvalue weighted by Gasteiger charge is -2.20. The third-order valence-corrected chi connectivity index (χ3v) is 4.54. The molecule has 6 nitrogen and oxygen atoms in total. The van der Waals surface area contributed by atoms with E-state index in [1.54, 1.807) is 13.1 Å². The average Bonchev–Trinajstić information content (AvgIpc) is 3.12. The van der Waals surface area contributed by atoms with Crippen LogP contribution in [0.3, 0.4) is 0 Å². The van der Waals surface area contributed by atoms with Gasteiger partial charge in [-0.15, -0.1) is 0 Å². The van der Waals surface area contributed by atoms with Gasteiger partial charge in [0.25, 0.3) is 0 Å². The molecule has 1 amide bonds. The number of nitrogens with one attached hydrogen (secondary N) is 1. The van der Waals surface area contributed by atoms with Crippen LogP contribution in [0.25, 0.3) is 5.69 Å². The Morgan fingerprint density at radius 1 is 1.23 bits per heavy atom. The van der Waals surface area contributed by atoms with Gasteiger partial charge in [0, 0.05) is 22.6 Å². The van der Waals surface area contributed by atoms with E-state index in [2.05, 4.69) is 59.3 Å². The highest BCUT2D eigenvalue weighted by molar-refractivity contribution is 5.84. The van der Waals surface area contributed by atoms with Crippen molar-refractivity contribution in [2.45, 2.75) is 39.9 Å². The summed E-state index contributed by atoms with van der Waals surface area (Å²) in [5.41, 5.74) is 8.02. The summed E-state index contributed by atoms with van der Waals surface area (Å²) in [6.45, 7) is 8.95. The second-order valence-electron chi connectivity index (χ2n) is 6.80. The number of nitrogens with zero attached hydrogens (tertiary/aromatic N) is 2.